The molecule has 0 saturated carbocycles. The quantitative estimate of drug-likeness (QED) is 0.880. The average molecular weight is 263 g/mol. The number of nitrogens with zero attached hydrogens (tertiary/aromatic N) is 3. The lowest BCUT2D eigenvalue weighted by molar-refractivity contribution is 0.0677. The van der Waals surface area contributed by atoms with Gasteiger partial charge in [-0.05, 0) is 19.1 Å². The SMILES string of the molecule is CCn1c(C(=O)O)nn(-c2cccc(OC)c2)c1=O. The van der Waals surface area contributed by atoms with Crippen LogP contribution in [0.25, 0.3) is 5.69 Å². The summed E-state index contributed by atoms with van der Waals surface area (Å²) in [6, 6.07) is 6.69. The smallest absolute Gasteiger partial charge is 0.374 e. The molecule has 1 N–H and O–H groups in total. The molecule has 0 fully saturated rings. The van der Waals surface area contributed by atoms with Crippen molar-refractivity contribution in [3.63, 3.8) is 0 Å². The molecule has 0 radical (unpaired) electrons. The van der Waals surface area contributed by atoms with Crippen molar-refractivity contribution in [2.24, 2.45) is 0 Å². The Kier molecular flexibility index (Phi) is 3.37. The molecule has 1 aromatic carbocycles. The molecule has 7 heteroatoms. The Bertz CT molecular complexity index is 672. The van der Waals surface area contributed by atoms with Crippen molar-refractivity contribution in [1.29, 1.82) is 0 Å². The summed E-state index contributed by atoms with van der Waals surface area (Å²) in [5, 5.41) is 12.9. The molecule has 100 valence electrons. The third-order valence-electron chi connectivity index (χ3n) is 2.67. The summed E-state index contributed by atoms with van der Waals surface area (Å²) in [4.78, 5) is 23.1. The van der Waals surface area contributed by atoms with Gasteiger partial charge in [-0.15, -0.1) is 5.10 Å². The fraction of sp³-hybridized carbons (Fsp3) is 0.250. The second kappa shape index (κ2) is 4.97. The van der Waals surface area contributed by atoms with Gasteiger partial charge in [-0.25, -0.2) is 9.59 Å². The monoisotopic (exact) mass is 263 g/mol. The Morgan fingerprint density at radius 1 is 1.47 bits per heavy atom. The number of carbonyl (C=O) groups is 1. The predicted molar refractivity (Wildman–Crippen MR) is 67.0 cm³/mol. The van der Waals surface area contributed by atoms with E-state index in [1.54, 1.807) is 31.2 Å². The molecule has 19 heavy (non-hydrogen) atoms. The van der Waals surface area contributed by atoms with Gasteiger partial charge in [0.05, 0.1) is 12.8 Å². The van der Waals surface area contributed by atoms with E-state index < -0.39 is 11.7 Å². The molecule has 0 spiro atoms. The largest absolute Gasteiger partial charge is 0.497 e. The van der Waals surface area contributed by atoms with Gasteiger partial charge in [0.25, 0.3) is 0 Å². The minimum absolute atomic E-state index is 0.241. The summed E-state index contributed by atoms with van der Waals surface area (Å²) in [6.45, 7) is 1.93. The van der Waals surface area contributed by atoms with Crippen LogP contribution in [0.1, 0.15) is 17.5 Å². The van der Waals surface area contributed by atoms with E-state index in [1.807, 2.05) is 0 Å². The molecule has 2 aromatic rings. The predicted octanol–water partition coefficient (Wildman–Crippen LogP) is 0.761. The maximum Gasteiger partial charge on any atom is 0.374 e. The highest BCUT2D eigenvalue weighted by Gasteiger charge is 2.18. The number of hydrogen-bond acceptors (Lipinski definition) is 4. The average Bonchev–Trinajstić information content (AvgIpc) is 2.76. The normalized spacial score (nSPS) is 10.4. The third kappa shape index (κ3) is 2.22. The van der Waals surface area contributed by atoms with Gasteiger partial charge in [0.15, 0.2) is 0 Å². The Hall–Kier alpha value is -2.57. The molecular formula is C12H13N3O4. The van der Waals surface area contributed by atoms with E-state index in [-0.39, 0.29) is 12.4 Å². The van der Waals surface area contributed by atoms with Crippen molar-refractivity contribution < 1.29 is 14.6 Å². The van der Waals surface area contributed by atoms with Crippen LogP contribution >= 0.6 is 0 Å². The second-order valence-corrected chi connectivity index (χ2v) is 3.77. The van der Waals surface area contributed by atoms with Crippen LogP contribution in [0.4, 0.5) is 0 Å². The lowest BCUT2D eigenvalue weighted by Gasteiger charge is -2.02. The maximum atomic E-state index is 12.1. The number of rotatable bonds is 4. The van der Waals surface area contributed by atoms with Crippen molar-refractivity contribution in [2.45, 2.75) is 13.5 Å². The number of aromatic carboxylic acids is 1. The Labute approximate surface area is 108 Å². The number of carboxylic acids is 1. The van der Waals surface area contributed by atoms with Gasteiger partial charge in [0.2, 0.25) is 5.82 Å². The lowest BCUT2D eigenvalue weighted by Crippen LogP contribution is -2.24. The molecule has 0 atom stereocenters. The summed E-state index contributed by atoms with van der Waals surface area (Å²) in [5.41, 5.74) is -0.0350. The van der Waals surface area contributed by atoms with E-state index in [0.29, 0.717) is 11.4 Å². The van der Waals surface area contributed by atoms with Crippen LogP contribution < -0.4 is 10.4 Å². The van der Waals surface area contributed by atoms with E-state index in [2.05, 4.69) is 5.10 Å². The van der Waals surface area contributed by atoms with Crippen LogP contribution in [0.3, 0.4) is 0 Å². The summed E-state index contributed by atoms with van der Waals surface area (Å²) in [5.74, 6) is -0.955. The summed E-state index contributed by atoms with van der Waals surface area (Å²) < 4.78 is 7.21. The van der Waals surface area contributed by atoms with Gasteiger partial charge >= 0.3 is 11.7 Å². The van der Waals surface area contributed by atoms with E-state index in [9.17, 15) is 9.59 Å². The molecule has 1 aromatic heterocycles. The molecule has 0 amide bonds. The molecule has 0 saturated heterocycles. The second-order valence-electron chi connectivity index (χ2n) is 3.77. The zero-order chi connectivity index (χ0) is 14.0. The third-order valence-corrected chi connectivity index (χ3v) is 2.67. The number of ether oxygens (including phenoxy) is 1. The van der Waals surface area contributed by atoms with Crippen LogP contribution in [0.5, 0.6) is 5.75 Å². The summed E-state index contributed by atoms with van der Waals surface area (Å²) >= 11 is 0. The van der Waals surface area contributed by atoms with Crippen molar-refractivity contribution in [1.82, 2.24) is 14.3 Å². The van der Waals surface area contributed by atoms with Gasteiger partial charge < -0.3 is 9.84 Å². The van der Waals surface area contributed by atoms with E-state index in [0.717, 1.165) is 9.25 Å². The van der Waals surface area contributed by atoms with Crippen LogP contribution in [-0.2, 0) is 6.54 Å². The van der Waals surface area contributed by atoms with Gasteiger partial charge in [-0.1, -0.05) is 6.07 Å². The van der Waals surface area contributed by atoms with Gasteiger partial charge in [-0.3, -0.25) is 4.57 Å². The molecule has 1 heterocycles. The molecule has 7 nitrogen and oxygen atoms in total. The van der Waals surface area contributed by atoms with E-state index in [4.69, 9.17) is 9.84 Å². The van der Waals surface area contributed by atoms with E-state index >= 15 is 0 Å². The molecule has 0 aliphatic rings. The van der Waals surface area contributed by atoms with Gasteiger partial charge in [-0.2, -0.15) is 4.68 Å². The maximum absolute atomic E-state index is 12.1. The van der Waals surface area contributed by atoms with Crippen LogP contribution in [0.2, 0.25) is 0 Å². The Balaban J connectivity index is 2.62. The molecular weight excluding hydrogens is 250 g/mol. The minimum atomic E-state index is -1.24. The first-order chi connectivity index (χ1) is 9.08. The zero-order valence-corrected chi connectivity index (χ0v) is 10.5. The first-order valence-electron chi connectivity index (χ1n) is 5.66. The van der Waals surface area contributed by atoms with Gasteiger partial charge in [0, 0.05) is 12.6 Å². The highest BCUT2D eigenvalue weighted by molar-refractivity contribution is 5.83. The lowest BCUT2D eigenvalue weighted by atomic mass is 10.3. The summed E-state index contributed by atoms with van der Waals surface area (Å²) in [7, 11) is 1.51. The molecule has 0 aliphatic carbocycles. The first-order valence-corrected chi connectivity index (χ1v) is 5.66. The van der Waals surface area contributed by atoms with Crippen LogP contribution in [0, 0.1) is 0 Å². The Morgan fingerprint density at radius 2 is 2.21 bits per heavy atom. The number of hydrogen-bond donors (Lipinski definition) is 1. The van der Waals surface area contributed by atoms with Crippen LogP contribution in [-0.4, -0.2) is 32.5 Å². The standard InChI is InChI=1S/C12H13N3O4/c1-3-14-10(11(16)17)13-15(12(14)18)8-5-4-6-9(7-8)19-2/h4-7H,3H2,1-2H3,(H,16,17). The van der Waals surface area contributed by atoms with Crippen molar-refractivity contribution >= 4 is 5.97 Å². The molecule has 0 bridgehead atoms. The Morgan fingerprint density at radius 3 is 2.74 bits per heavy atom. The van der Waals surface area contributed by atoms with Gasteiger partial charge in [0.1, 0.15) is 5.75 Å². The fourth-order valence-corrected chi connectivity index (χ4v) is 1.75. The minimum Gasteiger partial charge on any atom is -0.497 e. The van der Waals surface area contributed by atoms with E-state index in [1.165, 1.54) is 7.11 Å². The highest BCUT2D eigenvalue weighted by Crippen LogP contribution is 2.14. The topological polar surface area (TPSA) is 86.3 Å². The molecule has 0 unspecified atom stereocenters. The summed E-state index contributed by atoms with van der Waals surface area (Å²) in [6.07, 6.45) is 0. The fourth-order valence-electron chi connectivity index (χ4n) is 1.75. The number of carboxylic acid groups (broad SMARTS) is 1. The van der Waals surface area contributed by atoms with Crippen molar-refractivity contribution in [3.05, 3.63) is 40.6 Å². The number of methoxy groups -OCH3 is 1. The van der Waals surface area contributed by atoms with Crippen LogP contribution in [0.15, 0.2) is 29.1 Å². The highest BCUT2D eigenvalue weighted by atomic mass is 16.5. The number of benzene rings is 1. The molecule has 2 rings (SSSR count). The zero-order valence-electron chi connectivity index (χ0n) is 10.5. The first kappa shape index (κ1) is 12.9. The van der Waals surface area contributed by atoms with Crippen molar-refractivity contribution in [2.75, 3.05) is 7.11 Å². The molecule has 0 aliphatic heterocycles. The number of aromatic nitrogens is 3. The van der Waals surface area contributed by atoms with Crippen molar-refractivity contribution in [3.8, 4) is 11.4 Å².